The highest BCUT2D eigenvalue weighted by Crippen LogP contribution is 2.28. The van der Waals surface area contributed by atoms with Crippen LogP contribution < -0.4 is 10.6 Å². The molecular weight excluding hydrogens is 552 g/mol. The molecule has 1 aromatic heterocycles. The number of thiazole rings is 1. The molecule has 0 saturated carbocycles. The number of nitrogens with one attached hydrogen (secondary N) is 2. The summed E-state index contributed by atoms with van der Waals surface area (Å²) in [5.74, 6) is -0.628. The number of ether oxygens (including phenoxy) is 1. The minimum atomic E-state index is -0.743. The number of nitrogens with zero attached hydrogens (tertiary/aromatic N) is 2. The van der Waals surface area contributed by atoms with Gasteiger partial charge in [-0.25, -0.2) is 4.98 Å². The summed E-state index contributed by atoms with van der Waals surface area (Å²) in [6.45, 7) is 9.75. The van der Waals surface area contributed by atoms with Crippen LogP contribution in [-0.4, -0.2) is 71.2 Å². The molecule has 3 rings (SSSR count). The van der Waals surface area contributed by atoms with Crippen LogP contribution in [0.5, 0.6) is 0 Å². The quantitative estimate of drug-likeness (QED) is 0.242. The zero-order valence-electron chi connectivity index (χ0n) is 25.6. The number of amides is 3. The molecule has 3 N–H and O–H groups in total. The lowest BCUT2D eigenvalue weighted by molar-refractivity contribution is -0.144. The smallest absolute Gasteiger partial charge is 0.246 e. The summed E-state index contributed by atoms with van der Waals surface area (Å²) in [6, 6.07) is 6.78. The topological polar surface area (TPSA) is 121 Å². The van der Waals surface area contributed by atoms with E-state index in [1.165, 1.54) is 0 Å². The zero-order chi connectivity index (χ0) is 30.5. The third kappa shape index (κ3) is 10.2. The van der Waals surface area contributed by atoms with Gasteiger partial charge in [-0.1, -0.05) is 64.3 Å². The Labute approximate surface area is 254 Å². The number of aliphatic hydroxyl groups excluding tert-OH is 1. The lowest BCUT2D eigenvalue weighted by atomic mass is 9.85. The number of aromatic nitrogens is 1. The number of likely N-dealkylation sites (tertiary alicyclic amines) is 1. The summed E-state index contributed by atoms with van der Waals surface area (Å²) in [4.78, 5) is 46.7. The number of rotatable bonds is 16. The Morgan fingerprint density at radius 2 is 1.81 bits per heavy atom. The Balaban J connectivity index is 1.48. The van der Waals surface area contributed by atoms with Crippen molar-refractivity contribution in [2.45, 2.75) is 97.7 Å². The summed E-state index contributed by atoms with van der Waals surface area (Å²) in [7, 11) is 0. The average molecular weight is 601 g/mol. The van der Waals surface area contributed by atoms with Crippen molar-refractivity contribution in [1.29, 1.82) is 0 Å². The number of aliphatic hydroxyl groups is 1. The van der Waals surface area contributed by atoms with Crippen molar-refractivity contribution in [3.8, 4) is 10.4 Å². The molecule has 232 valence electrons. The van der Waals surface area contributed by atoms with Gasteiger partial charge in [0.2, 0.25) is 17.7 Å². The molecule has 42 heavy (non-hydrogen) atoms. The largest absolute Gasteiger partial charge is 0.396 e. The Morgan fingerprint density at radius 1 is 1.10 bits per heavy atom. The van der Waals surface area contributed by atoms with Crippen molar-refractivity contribution < 1.29 is 24.2 Å². The third-order valence-electron chi connectivity index (χ3n) is 7.61. The summed E-state index contributed by atoms with van der Waals surface area (Å²) in [6.07, 6.45) is 6.39. The molecule has 2 heterocycles. The maximum atomic E-state index is 13.7. The molecule has 2 atom stereocenters. The summed E-state index contributed by atoms with van der Waals surface area (Å²) < 4.78 is 5.62. The highest BCUT2D eigenvalue weighted by atomic mass is 32.1. The molecule has 1 aliphatic heterocycles. The SMILES string of the molecule is Cc1ncsc1-c1ccc(CNC(=O)[C@@H]2CCCN2C(=O)[C@@H](NC(=O)CCOCCCCCCCO)C(C)(C)C)cc1. The summed E-state index contributed by atoms with van der Waals surface area (Å²) >= 11 is 1.61. The first kappa shape index (κ1) is 33.7. The molecule has 10 heteroatoms. The maximum Gasteiger partial charge on any atom is 0.246 e. The number of carbonyl (C=O) groups is 3. The first-order chi connectivity index (χ1) is 20.1. The van der Waals surface area contributed by atoms with Gasteiger partial charge in [0.15, 0.2) is 0 Å². The molecule has 2 aromatic rings. The van der Waals surface area contributed by atoms with Crippen LogP contribution in [0.4, 0.5) is 0 Å². The van der Waals surface area contributed by atoms with E-state index in [0.29, 0.717) is 32.7 Å². The normalized spacial score (nSPS) is 15.9. The fraction of sp³-hybridized carbons (Fsp3) is 0.625. The molecular formula is C32H48N4O5S. The van der Waals surface area contributed by atoms with Gasteiger partial charge in [-0.2, -0.15) is 0 Å². The number of carbonyl (C=O) groups excluding carboxylic acids is 3. The van der Waals surface area contributed by atoms with Crippen molar-refractivity contribution in [3.63, 3.8) is 0 Å². The monoisotopic (exact) mass is 600 g/mol. The van der Waals surface area contributed by atoms with E-state index in [1.807, 2.05) is 57.5 Å². The Morgan fingerprint density at radius 3 is 2.48 bits per heavy atom. The molecule has 1 aromatic carbocycles. The Kier molecular flexibility index (Phi) is 13.4. The van der Waals surface area contributed by atoms with Gasteiger partial charge in [0, 0.05) is 32.7 Å². The van der Waals surface area contributed by atoms with E-state index in [-0.39, 0.29) is 30.7 Å². The van der Waals surface area contributed by atoms with E-state index in [0.717, 1.165) is 60.2 Å². The molecule has 1 fully saturated rings. The first-order valence-corrected chi connectivity index (χ1v) is 16.1. The van der Waals surface area contributed by atoms with Gasteiger partial charge in [-0.05, 0) is 49.1 Å². The predicted octanol–water partition coefficient (Wildman–Crippen LogP) is 4.61. The fourth-order valence-electron chi connectivity index (χ4n) is 5.12. The van der Waals surface area contributed by atoms with E-state index in [9.17, 15) is 14.4 Å². The zero-order valence-corrected chi connectivity index (χ0v) is 26.4. The van der Waals surface area contributed by atoms with Crippen molar-refractivity contribution in [2.24, 2.45) is 5.41 Å². The Bertz CT molecular complexity index is 1140. The highest BCUT2D eigenvalue weighted by Gasteiger charge is 2.41. The second kappa shape index (κ2) is 16.7. The molecule has 0 unspecified atom stereocenters. The highest BCUT2D eigenvalue weighted by molar-refractivity contribution is 7.13. The van der Waals surface area contributed by atoms with Gasteiger partial charge >= 0.3 is 0 Å². The van der Waals surface area contributed by atoms with Gasteiger partial charge in [0.25, 0.3) is 0 Å². The van der Waals surface area contributed by atoms with Gasteiger partial charge in [0.1, 0.15) is 12.1 Å². The van der Waals surface area contributed by atoms with Crippen LogP contribution in [0.2, 0.25) is 0 Å². The molecule has 1 saturated heterocycles. The second-order valence-corrected chi connectivity index (χ2v) is 12.9. The van der Waals surface area contributed by atoms with E-state index in [2.05, 4.69) is 15.6 Å². The summed E-state index contributed by atoms with van der Waals surface area (Å²) in [5, 5.41) is 14.8. The minimum Gasteiger partial charge on any atom is -0.396 e. The number of benzene rings is 1. The van der Waals surface area contributed by atoms with Gasteiger partial charge in [0.05, 0.1) is 22.7 Å². The standard InChI is InChI=1S/C32H48N4O5S/c1-23-28(42-22-34-23)25-14-12-24(13-15-25)21-33-30(39)26-11-10-17-36(26)31(40)29(32(2,3)4)35-27(38)16-20-41-19-9-7-5-6-8-18-37/h12-15,22,26,29,37H,5-11,16-21H2,1-4H3,(H,33,39)(H,35,38)/t26-,29+/m0/s1. The minimum absolute atomic E-state index is 0.174. The number of hydrogen-bond donors (Lipinski definition) is 3. The van der Waals surface area contributed by atoms with Crippen LogP contribution in [0.15, 0.2) is 29.8 Å². The van der Waals surface area contributed by atoms with Crippen molar-refractivity contribution >= 4 is 29.1 Å². The summed E-state index contributed by atoms with van der Waals surface area (Å²) in [5.41, 5.74) is 4.40. The van der Waals surface area contributed by atoms with Crippen LogP contribution >= 0.6 is 11.3 Å². The van der Waals surface area contributed by atoms with E-state index >= 15 is 0 Å². The van der Waals surface area contributed by atoms with E-state index in [1.54, 1.807) is 16.2 Å². The second-order valence-electron chi connectivity index (χ2n) is 12.1. The van der Waals surface area contributed by atoms with Gasteiger partial charge < -0.3 is 25.4 Å². The van der Waals surface area contributed by atoms with E-state index < -0.39 is 17.5 Å². The van der Waals surface area contributed by atoms with Crippen LogP contribution in [0.25, 0.3) is 10.4 Å². The third-order valence-corrected chi connectivity index (χ3v) is 8.58. The lowest BCUT2D eigenvalue weighted by Gasteiger charge is -2.35. The van der Waals surface area contributed by atoms with Crippen LogP contribution in [0.1, 0.15) is 83.4 Å². The predicted molar refractivity (Wildman–Crippen MR) is 166 cm³/mol. The number of unbranched alkanes of at least 4 members (excludes halogenated alkanes) is 4. The molecule has 3 amide bonds. The van der Waals surface area contributed by atoms with E-state index in [4.69, 9.17) is 9.84 Å². The lowest BCUT2D eigenvalue weighted by Crippen LogP contribution is -2.57. The average Bonchev–Trinajstić information content (AvgIpc) is 3.62. The molecule has 0 spiro atoms. The molecule has 0 bridgehead atoms. The maximum absolute atomic E-state index is 13.7. The molecule has 0 radical (unpaired) electrons. The van der Waals surface area contributed by atoms with Crippen molar-refractivity contribution in [3.05, 3.63) is 41.0 Å². The molecule has 1 aliphatic rings. The van der Waals surface area contributed by atoms with Crippen LogP contribution in [-0.2, 0) is 25.7 Å². The number of aryl methyl sites for hydroxylation is 1. The van der Waals surface area contributed by atoms with Gasteiger partial charge in [-0.3, -0.25) is 14.4 Å². The molecule has 0 aliphatic carbocycles. The van der Waals surface area contributed by atoms with Crippen molar-refractivity contribution in [1.82, 2.24) is 20.5 Å². The van der Waals surface area contributed by atoms with Crippen molar-refractivity contribution in [2.75, 3.05) is 26.4 Å². The first-order valence-electron chi connectivity index (χ1n) is 15.2. The molecule has 9 nitrogen and oxygen atoms in total. The van der Waals surface area contributed by atoms with Gasteiger partial charge in [-0.15, -0.1) is 11.3 Å². The van der Waals surface area contributed by atoms with Crippen LogP contribution in [0, 0.1) is 12.3 Å². The number of hydrogen-bond acceptors (Lipinski definition) is 7. The van der Waals surface area contributed by atoms with Crippen LogP contribution in [0.3, 0.4) is 0 Å². The Hall–Kier alpha value is -2.82. The fourth-order valence-corrected chi connectivity index (χ4v) is 5.94.